The molecular formula is C12H17NO6S2. The number of nitrogens with one attached hydrogen (secondary N) is 1. The standard InChI is InChI=1S/C12H17NO6S2/c1-12(2,3)9(10(14)15)13-21(17,18)7-5-6-20-8(7)11(16)19-4/h5-6,9,13H,1-4H3,(H,14,15)/t9-/m0/s1. The van der Waals surface area contributed by atoms with Crippen LogP contribution in [0.25, 0.3) is 0 Å². The zero-order valence-corrected chi connectivity index (χ0v) is 13.7. The Bertz CT molecular complexity index is 641. The van der Waals surface area contributed by atoms with Gasteiger partial charge in [0.25, 0.3) is 0 Å². The van der Waals surface area contributed by atoms with Crippen molar-refractivity contribution in [2.24, 2.45) is 5.41 Å². The quantitative estimate of drug-likeness (QED) is 0.785. The second-order valence-electron chi connectivity index (χ2n) is 5.36. The van der Waals surface area contributed by atoms with Crippen LogP contribution in [0.5, 0.6) is 0 Å². The molecule has 1 aromatic heterocycles. The van der Waals surface area contributed by atoms with E-state index < -0.39 is 33.4 Å². The minimum Gasteiger partial charge on any atom is -0.480 e. The number of ether oxygens (including phenoxy) is 1. The summed E-state index contributed by atoms with van der Waals surface area (Å²) in [7, 11) is -3.01. The summed E-state index contributed by atoms with van der Waals surface area (Å²) in [5.74, 6) is -2.08. The zero-order valence-electron chi connectivity index (χ0n) is 12.0. The van der Waals surface area contributed by atoms with Crippen LogP contribution in [0.3, 0.4) is 0 Å². The van der Waals surface area contributed by atoms with Gasteiger partial charge in [0.2, 0.25) is 10.0 Å². The molecule has 21 heavy (non-hydrogen) atoms. The van der Waals surface area contributed by atoms with Crippen LogP contribution in [0.2, 0.25) is 0 Å². The van der Waals surface area contributed by atoms with Crippen LogP contribution in [0, 0.1) is 5.41 Å². The maximum atomic E-state index is 12.3. The molecule has 0 aliphatic carbocycles. The molecule has 0 amide bonds. The van der Waals surface area contributed by atoms with Gasteiger partial charge in [-0.2, -0.15) is 4.72 Å². The van der Waals surface area contributed by atoms with Gasteiger partial charge >= 0.3 is 11.9 Å². The fourth-order valence-corrected chi connectivity index (χ4v) is 4.30. The molecule has 0 spiro atoms. The summed E-state index contributed by atoms with van der Waals surface area (Å²) in [6, 6.07) is -0.0891. The van der Waals surface area contributed by atoms with Gasteiger partial charge in [-0.15, -0.1) is 11.3 Å². The van der Waals surface area contributed by atoms with Crippen LogP contribution in [0.1, 0.15) is 30.4 Å². The molecule has 0 saturated carbocycles. The van der Waals surface area contributed by atoms with Crippen LogP contribution < -0.4 is 4.72 Å². The van der Waals surface area contributed by atoms with Gasteiger partial charge in [0, 0.05) is 0 Å². The van der Waals surface area contributed by atoms with Crippen LogP contribution in [0.4, 0.5) is 0 Å². The average molecular weight is 335 g/mol. The van der Waals surface area contributed by atoms with E-state index in [1.807, 2.05) is 0 Å². The number of carbonyl (C=O) groups excluding carboxylic acids is 1. The van der Waals surface area contributed by atoms with E-state index in [0.29, 0.717) is 0 Å². The summed E-state index contributed by atoms with van der Waals surface area (Å²) < 4.78 is 31.3. The summed E-state index contributed by atoms with van der Waals surface area (Å²) in [6.07, 6.45) is 0. The number of carboxylic acids is 1. The highest BCUT2D eigenvalue weighted by molar-refractivity contribution is 7.89. The third kappa shape index (κ3) is 4.02. The largest absolute Gasteiger partial charge is 0.480 e. The van der Waals surface area contributed by atoms with Crippen molar-refractivity contribution in [2.75, 3.05) is 7.11 Å². The second kappa shape index (κ2) is 6.12. The topological polar surface area (TPSA) is 110 Å². The number of aliphatic carboxylic acids is 1. The van der Waals surface area contributed by atoms with Crippen molar-refractivity contribution in [1.29, 1.82) is 0 Å². The molecule has 9 heteroatoms. The van der Waals surface area contributed by atoms with Gasteiger partial charge < -0.3 is 9.84 Å². The van der Waals surface area contributed by atoms with Gasteiger partial charge in [0.1, 0.15) is 15.8 Å². The molecule has 1 aromatic rings. The van der Waals surface area contributed by atoms with E-state index >= 15 is 0 Å². The molecule has 118 valence electrons. The smallest absolute Gasteiger partial charge is 0.349 e. The predicted molar refractivity (Wildman–Crippen MR) is 76.9 cm³/mol. The van der Waals surface area contributed by atoms with Crippen molar-refractivity contribution >= 4 is 33.3 Å². The molecule has 0 unspecified atom stereocenters. The minimum atomic E-state index is -4.15. The van der Waals surface area contributed by atoms with Crippen molar-refractivity contribution in [2.45, 2.75) is 31.7 Å². The first-order valence-electron chi connectivity index (χ1n) is 5.91. The van der Waals surface area contributed by atoms with Gasteiger partial charge in [-0.1, -0.05) is 20.8 Å². The van der Waals surface area contributed by atoms with Crippen LogP contribution >= 0.6 is 11.3 Å². The van der Waals surface area contributed by atoms with E-state index in [2.05, 4.69) is 9.46 Å². The first kappa shape index (κ1) is 17.6. The Kier molecular flexibility index (Phi) is 5.13. The highest BCUT2D eigenvalue weighted by Crippen LogP contribution is 2.26. The Labute approximate surface area is 127 Å². The lowest BCUT2D eigenvalue weighted by Gasteiger charge is -2.27. The van der Waals surface area contributed by atoms with E-state index in [4.69, 9.17) is 0 Å². The summed E-state index contributed by atoms with van der Waals surface area (Å²) in [6.45, 7) is 4.80. The van der Waals surface area contributed by atoms with Crippen molar-refractivity contribution in [1.82, 2.24) is 4.72 Å². The van der Waals surface area contributed by atoms with Gasteiger partial charge in [-0.05, 0) is 16.9 Å². The van der Waals surface area contributed by atoms with Crippen molar-refractivity contribution in [3.05, 3.63) is 16.3 Å². The minimum absolute atomic E-state index is 0.0944. The number of esters is 1. The number of thiophene rings is 1. The Morgan fingerprint density at radius 3 is 2.38 bits per heavy atom. The molecule has 0 aromatic carbocycles. The number of methoxy groups -OCH3 is 1. The molecule has 7 nitrogen and oxygen atoms in total. The monoisotopic (exact) mass is 335 g/mol. The van der Waals surface area contributed by atoms with Gasteiger partial charge in [0.05, 0.1) is 7.11 Å². The van der Waals surface area contributed by atoms with E-state index in [1.54, 1.807) is 20.8 Å². The fraction of sp³-hybridized carbons (Fsp3) is 0.500. The highest BCUT2D eigenvalue weighted by Gasteiger charge is 2.36. The van der Waals surface area contributed by atoms with Gasteiger partial charge in [-0.3, -0.25) is 4.79 Å². The number of sulfonamides is 1. The molecule has 0 bridgehead atoms. The lowest BCUT2D eigenvalue weighted by atomic mass is 9.88. The number of rotatable bonds is 5. The lowest BCUT2D eigenvalue weighted by Crippen LogP contribution is -2.49. The molecule has 1 heterocycles. The molecule has 1 rings (SSSR count). The molecule has 0 aliphatic heterocycles. The summed E-state index contributed by atoms with van der Waals surface area (Å²) >= 11 is 0.911. The molecule has 2 N–H and O–H groups in total. The molecular weight excluding hydrogens is 318 g/mol. The third-order valence-electron chi connectivity index (χ3n) is 2.68. The van der Waals surface area contributed by atoms with E-state index in [9.17, 15) is 23.1 Å². The Morgan fingerprint density at radius 2 is 1.95 bits per heavy atom. The van der Waals surface area contributed by atoms with E-state index in [-0.39, 0.29) is 9.77 Å². The highest BCUT2D eigenvalue weighted by atomic mass is 32.2. The molecule has 0 radical (unpaired) electrons. The molecule has 0 aliphatic rings. The van der Waals surface area contributed by atoms with Gasteiger partial charge in [0.15, 0.2) is 0 Å². The van der Waals surface area contributed by atoms with E-state index in [1.165, 1.54) is 11.4 Å². The summed E-state index contributed by atoms with van der Waals surface area (Å²) in [5, 5.41) is 10.6. The Balaban J connectivity index is 3.21. The maximum Gasteiger partial charge on any atom is 0.349 e. The third-order valence-corrected chi connectivity index (χ3v) is 5.16. The number of carbonyl (C=O) groups is 2. The average Bonchev–Trinajstić information content (AvgIpc) is 2.83. The molecule has 1 atom stereocenters. The number of hydrogen-bond donors (Lipinski definition) is 2. The van der Waals surface area contributed by atoms with Crippen molar-refractivity contribution < 1.29 is 27.9 Å². The SMILES string of the molecule is COC(=O)c1sccc1S(=O)(=O)N[C@@H](C(=O)O)C(C)(C)C. The first-order valence-corrected chi connectivity index (χ1v) is 8.28. The lowest BCUT2D eigenvalue weighted by molar-refractivity contribution is -0.141. The van der Waals surface area contributed by atoms with Crippen LogP contribution in [-0.4, -0.2) is 38.6 Å². The van der Waals surface area contributed by atoms with Crippen molar-refractivity contribution in [3.8, 4) is 0 Å². The number of hydrogen-bond acceptors (Lipinski definition) is 6. The summed E-state index contributed by atoms with van der Waals surface area (Å²) in [5.41, 5.74) is -0.833. The zero-order chi connectivity index (χ0) is 16.4. The van der Waals surface area contributed by atoms with E-state index in [0.717, 1.165) is 18.4 Å². The first-order chi connectivity index (χ1) is 9.50. The summed E-state index contributed by atoms with van der Waals surface area (Å²) in [4.78, 5) is 22.4. The fourth-order valence-electron chi connectivity index (χ4n) is 1.57. The van der Waals surface area contributed by atoms with Crippen LogP contribution in [0.15, 0.2) is 16.3 Å². The number of carboxylic acid groups (broad SMARTS) is 1. The predicted octanol–water partition coefficient (Wildman–Crippen LogP) is 1.31. The molecule has 0 saturated heterocycles. The maximum absolute atomic E-state index is 12.3. The molecule has 0 fully saturated rings. The second-order valence-corrected chi connectivity index (χ2v) is 7.96. The Hall–Kier alpha value is -1.45. The Morgan fingerprint density at radius 1 is 1.38 bits per heavy atom. The normalized spacial score (nSPS) is 13.7. The van der Waals surface area contributed by atoms with Crippen molar-refractivity contribution in [3.63, 3.8) is 0 Å². The van der Waals surface area contributed by atoms with Gasteiger partial charge in [-0.25, -0.2) is 13.2 Å². The van der Waals surface area contributed by atoms with Crippen LogP contribution in [-0.2, 0) is 19.6 Å².